The number of thiophene rings is 1. The van der Waals surface area contributed by atoms with Crippen LogP contribution < -0.4 is 10.1 Å². The third kappa shape index (κ3) is 7.43. The fourth-order valence-corrected chi connectivity index (χ4v) is 6.84. The van der Waals surface area contributed by atoms with Crippen LogP contribution in [0.2, 0.25) is 5.02 Å². The van der Waals surface area contributed by atoms with Crippen molar-refractivity contribution in [2.45, 2.75) is 63.6 Å². The largest absolute Gasteiger partial charge is 0.493 e. The molecule has 2 aromatic heterocycles. The lowest BCUT2D eigenvalue weighted by Crippen LogP contribution is -2.17. The molecule has 0 radical (unpaired) electrons. The molecule has 0 aliphatic heterocycles. The zero-order chi connectivity index (χ0) is 27.8. The zero-order valence-electron chi connectivity index (χ0n) is 22.3. The number of carbonyl (C=O) groups is 2. The van der Waals surface area contributed by atoms with Gasteiger partial charge in [-0.3, -0.25) is 4.79 Å². The molecule has 0 bridgehead atoms. The van der Waals surface area contributed by atoms with Crippen molar-refractivity contribution in [2.24, 2.45) is 0 Å². The second-order valence-electron chi connectivity index (χ2n) is 9.26. The Kier molecular flexibility index (Phi) is 10.5. The highest BCUT2D eigenvalue weighted by molar-refractivity contribution is 7.99. The number of thioether (sulfide) groups is 1. The van der Waals surface area contributed by atoms with Crippen molar-refractivity contribution in [1.82, 2.24) is 14.8 Å². The van der Waals surface area contributed by atoms with Crippen molar-refractivity contribution in [3.05, 3.63) is 63.3 Å². The normalized spacial score (nSPS) is 12.9. The van der Waals surface area contributed by atoms with Gasteiger partial charge in [0, 0.05) is 22.9 Å². The lowest BCUT2D eigenvalue weighted by atomic mass is 10.1. The van der Waals surface area contributed by atoms with Gasteiger partial charge in [0.25, 0.3) is 0 Å². The van der Waals surface area contributed by atoms with Gasteiger partial charge in [0.1, 0.15) is 16.6 Å². The number of ether oxygens (including phenoxy) is 2. The number of halogens is 1. The number of benzene rings is 1. The molecule has 0 saturated heterocycles. The SMILES string of the molecule is C=CCn1c(CCCOc2ccc(Cl)cc2C)nnc1SCC(=O)Nc1sc2c(c1C(=O)OC)CCCCC2. The van der Waals surface area contributed by atoms with Crippen LogP contribution in [0.1, 0.15) is 57.9 Å². The Balaban J connectivity index is 1.35. The summed E-state index contributed by atoms with van der Waals surface area (Å²) in [5, 5.41) is 13.5. The number of amides is 1. The summed E-state index contributed by atoms with van der Waals surface area (Å²) in [6.07, 6.45) is 8.22. The van der Waals surface area contributed by atoms with E-state index in [0.717, 1.165) is 61.2 Å². The molecule has 3 aromatic rings. The molecular formula is C28H33ClN4O4S2. The fourth-order valence-electron chi connectivity index (χ4n) is 4.55. The molecule has 2 heterocycles. The van der Waals surface area contributed by atoms with Crippen LogP contribution in [0.4, 0.5) is 5.00 Å². The van der Waals surface area contributed by atoms with Gasteiger partial charge in [0.05, 0.1) is 25.0 Å². The highest BCUT2D eigenvalue weighted by Crippen LogP contribution is 2.38. The van der Waals surface area contributed by atoms with E-state index in [0.29, 0.717) is 40.3 Å². The smallest absolute Gasteiger partial charge is 0.341 e. The summed E-state index contributed by atoms with van der Waals surface area (Å²) >= 11 is 8.81. The molecule has 11 heteroatoms. The van der Waals surface area contributed by atoms with Crippen molar-refractivity contribution in [1.29, 1.82) is 0 Å². The summed E-state index contributed by atoms with van der Waals surface area (Å²) in [6.45, 7) is 6.88. The number of hydrogen-bond acceptors (Lipinski definition) is 8. The molecule has 1 aliphatic rings. The molecule has 208 valence electrons. The van der Waals surface area contributed by atoms with Crippen molar-refractivity contribution >= 4 is 51.6 Å². The van der Waals surface area contributed by atoms with Gasteiger partial charge in [0.2, 0.25) is 5.91 Å². The summed E-state index contributed by atoms with van der Waals surface area (Å²) in [5.74, 6) is 1.15. The Morgan fingerprint density at radius 3 is 2.85 bits per heavy atom. The summed E-state index contributed by atoms with van der Waals surface area (Å²) in [6, 6.07) is 5.56. The highest BCUT2D eigenvalue weighted by Gasteiger charge is 2.26. The van der Waals surface area contributed by atoms with Gasteiger partial charge in [-0.1, -0.05) is 35.9 Å². The van der Waals surface area contributed by atoms with Crippen LogP contribution in [0, 0.1) is 6.92 Å². The predicted molar refractivity (Wildman–Crippen MR) is 156 cm³/mol. The molecule has 1 amide bonds. The standard InChI is InChI=1S/C28H33ClN4O4S2/c1-4-14-33-23(11-8-15-37-21-13-12-19(29)16-18(21)2)31-32-28(33)38-17-24(34)30-26-25(27(35)36-3)20-9-6-5-7-10-22(20)39-26/h4,12-13,16H,1,5-11,14-15,17H2,2-3H3,(H,30,34). The number of allylic oxidation sites excluding steroid dienone is 1. The van der Waals surface area contributed by atoms with E-state index < -0.39 is 5.97 Å². The Hall–Kier alpha value is -2.82. The quantitative estimate of drug-likeness (QED) is 0.0874. The van der Waals surface area contributed by atoms with Crippen molar-refractivity contribution in [3.63, 3.8) is 0 Å². The Morgan fingerprint density at radius 2 is 2.08 bits per heavy atom. The van der Waals surface area contributed by atoms with E-state index in [1.54, 1.807) is 6.08 Å². The van der Waals surface area contributed by atoms with Gasteiger partial charge in [-0.2, -0.15) is 0 Å². The molecule has 0 saturated carbocycles. The molecule has 1 aromatic carbocycles. The molecule has 0 atom stereocenters. The number of aryl methyl sites for hydroxylation is 3. The third-order valence-electron chi connectivity index (χ3n) is 6.44. The fraction of sp³-hybridized carbons (Fsp3) is 0.429. The van der Waals surface area contributed by atoms with Gasteiger partial charge in [-0.25, -0.2) is 4.79 Å². The maximum atomic E-state index is 12.9. The van der Waals surface area contributed by atoms with Crippen molar-refractivity contribution in [2.75, 3.05) is 24.8 Å². The second kappa shape index (κ2) is 14.0. The molecule has 0 spiro atoms. The number of carbonyl (C=O) groups excluding carboxylic acids is 2. The summed E-state index contributed by atoms with van der Waals surface area (Å²) in [7, 11) is 1.37. The van der Waals surface area contributed by atoms with Crippen LogP contribution in [-0.4, -0.2) is 46.1 Å². The van der Waals surface area contributed by atoms with E-state index in [-0.39, 0.29) is 11.7 Å². The van der Waals surface area contributed by atoms with Crippen LogP contribution in [0.15, 0.2) is 36.0 Å². The van der Waals surface area contributed by atoms with Crippen LogP contribution >= 0.6 is 34.7 Å². The molecule has 39 heavy (non-hydrogen) atoms. The number of anilines is 1. The first kappa shape index (κ1) is 29.2. The molecular weight excluding hydrogens is 556 g/mol. The van der Waals surface area contributed by atoms with E-state index in [4.69, 9.17) is 21.1 Å². The van der Waals surface area contributed by atoms with Crippen LogP contribution in [0.5, 0.6) is 5.75 Å². The van der Waals surface area contributed by atoms with Crippen LogP contribution in [-0.2, 0) is 35.3 Å². The van der Waals surface area contributed by atoms with Gasteiger partial charge < -0.3 is 19.4 Å². The predicted octanol–water partition coefficient (Wildman–Crippen LogP) is 6.29. The number of nitrogens with zero attached hydrogens (tertiary/aromatic N) is 3. The van der Waals surface area contributed by atoms with Crippen LogP contribution in [0.25, 0.3) is 0 Å². The topological polar surface area (TPSA) is 95.3 Å². The average Bonchev–Trinajstić information content (AvgIpc) is 3.37. The number of aromatic nitrogens is 3. The minimum Gasteiger partial charge on any atom is -0.493 e. The molecule has 1 aliphatic carbocycles. The number of fused-ring (bicyclic) bond motifs is 1. The Bertz CT molecular complexity index is 1340. The second-order valence-corrected chi connectivity index (χ2v) is 11.7. The van der Waals surface area contributed by atoms with Crippen molar-refractivity contribution in [3.8, 4) is 5.75 Å². The summed E-state index contributed by atoms with van der Waals surface area (Å²) in [5.41, 5.74) is 2.52. The number of hydrogen-bond donors (Lipinski definition) is 1. The Labute approximate surface area is 242 Å². The number of rotatable bonds is 12. The third-order valence-corrected chi connectivity index (χ3v) is 8.85. The van der Waals surface area contributed by atoms with Gasteiger partial charge in [-0.05, 0) is 68.4 Å². The van der Waals surface area contributed by atoms with Gasteiger partial charge in [-0.15, -0.1) is 28.1 Å². The first-order valence-electron chi connectivity index (χ1n) is 13.0. The molecule has 0 fully saturated rings. The minimum atomic E-state index is -0.400. The lowest BCUT2D eigenvalue weighted by Gasteiger charge is -2.10. The first-order valence-corrected chi connectivity index (χ1v) is 15.2. The van der Waals surface area contributed by atoms with E-state index in [1.807, 2.05) is 29.7 Å². The van der Waals surface area contributed by atoms with E-state index >= 15 is 0 Å². The van der Waals surface area contributed by atoms with E-state index in [2.05, 4.69) is 22.1 Å². The Morgan fingerprint density at radius 1 is 1.26 bits per heavy atom. The van der Waals surface area contributed by atoms with Crippen molar-refractivity contribution < 1.29 is 19.1 Å². The highest BCUT2D eigenvalue weighted by atomic mass is 35.5. The molecule has 4 rings (SSSR count). The molecule has 8 nitrogen and oxygen atoms in total. The van der Waals surface area contributed by atoms with Crippen LogP contribution in [0.3, 0.4) is 0 Å². The monoisotopic (exact) mass is 588 g/mol. The van der Waals surface area contributed by atoms with Gasteiger partial charge in [0.15, 0.2) is 5.16 Å². The minimum absolute atomic E-state index is 0.136. The summed E-state index contributed by atoms with van der Waals surface area (Å²) in [4.78, 5) is 26.6. The number of nitrogens with one attached hydrogen (secondary N) is 1. The maximum Gasteiger partial charge on any atom is 0.341 e. The number of esters is 1. The maximum absolute atomic E-state index is 12.9. The van der Waals surface area contributed by atoms with Gasteiger partial charge >= 0.3 is 5.97 Å². The average molecular weight is 589 g/mol. The molecule has 1 N–H and O–H groups in total. The lowest BCUT2D eigenvalue weighted by molar-refractivity contribution is -0.113. The zero-order valence-corrected chi connectivity index (χ0v) is 24.6. The number of methoxy groups -OCH3 is 1. The summed E-state index contributed by atoms with van der Waals surface area (Å²) < 4.78 is 12.9. The van der Waals surface area contributed by atoms with E-state index in [1.165, 1.54) is 35.1 Å². The molecule has 0 unspecified atom stereocenters. The first-order chi connectivity index (χ1) is 18.9. The van der Waals surface area contributed by atoms with E-state index in [9.17, 15) is 9.59 Å².